The highest BCUT2D eigenvalue weighted by atomic mass is 16.5. The van der Waals surface area contributed by atoms with Crippen LogP contribution in [0.25, 0.3) is 0 Å². The molecule has 132 valence electrons. The molecular weight excluding hydrogens is 302 g/mol. The summed E-state index contributed by atoms with van der Waals surface area (Å²) in [4.78, 5) is 14.5. The summed E-state index contributed by atoms with van der Waals surface area (Å²) in [5, 5.41) is 6.39. The fraction of sp³-hybridized carbons (Fsp3) is 0.632. The number of para-hydroxylation sites is 1. The van der Waals surface area contributed by atoms with Crippen LogP contribution in [0.4, 0.5) is 0 Å². The SMILES string of the molecule is O=C(NCC1CCCN(CCOc2ccccc2)C1)C1CCCN1. The van der Waals surface area contributed by atoms with E-state index in [-0.39, 0.29) is 11.9 Å². The van der Waals surface area contributed by atoms with E-state index >= 15 is 0 Å². The summed E-state index contributed by atoms with van der Waals surface area (Å²) in [7, 11) is 0. The molecule has 2 atom stereocenters. The van der Waals surface area contributed by atoms with Crippen molar-refractivity contribution in [2.75, 3.05) is 39.3 Å². The zero-order valence-electron chi connectivity index (χ0n) is 14.4. The van der Waals surface area contributed by atoms with Crippen LogP contribution in [0, 0.1) is 5.92 Å². The fourth-order valence-electron chi connectivity index (χ4n) is 3.61. The lowest BCUT2D eigenvalue weighted by atomic mass is 9.98. The van der Waals surface area contributed by atoms with E-state index in [0.29, 0.717) is 5.92 Å². The Bertz CT molecular complexity index is 503. The third-order valence-corrected chi connectivity index (χ3v) is 4.96. The Hall–Kier alpha value is -1.59. The highest BCUT2D eigenvalue weighted by molar-refractivity contribution is 5.81. The maximum atomic E-state index is 12.1. The fourth-order valence-corrected chi connectivity index (χ4v) is 3.61. The van der Waals surface area contributed by atoms with E-state index < -0.39 is 0 Å². The lowest BCUT2D eigenvalue weighted by Gasteiger charge is -2.32. The van der Waals surface area contributed by atoms with Crippen LogP contribution >= 0.6 is 0 Å². The quantitative estimate of drug-likeness (QED) is 0.798. The second kappa shape index (κ2) is 9.04. The number of hydrogen-bond donors (Lipinski definition) is 2. The number of rotatable bonds is 7. The van der Waals surface area contributed by atoms with Crippen LogP contribution in [0.2, 0.25) is 0 Å². The molecule has 0 saturated carbocycles. The average molecular weight is 331 g/mol. The third-order valence-electron chi connectivity index (χ3n) is 4.96. The van der Waals surface area contributed by atoms with Crippen LogP contribution in [-0.4, -0.2) is 56.2 Å². The molecule has 2 N–H and O–H groups in total. The minimum absolute atomic E-state index is 0.0315. The van der Waals surface area contributed by atoms with Gasteiger partial charge in [0.25, 0.3) is 0 Å². The molecule has 2 fully saturated rings. The second-order valence-electron chi connectivity index (χ2n) is 6.86. The summed E-state index contributed by atoms with van der Waals surface area (Å²) in [5.74, 6) is 1.67. The van der Waals surface area contributed by atoms with Gasteiger partial charge in [-0.05, 0) is 56.8 Å². The number of ether oxygens (including phenoxy) is 1. The van der Waals surface area contributed by atoms with Gasteiger partial charge in [0, 0.05) is 19.6 Å². The molecule has 3 rings (SSSR count). The topological polar surface area (TPSA) is 53.6 Å². The van der Waals surface area contributed by atoms with Crippen molar-refractivity contribution < 1.29 is 9.53 Å². The number of piperidine rings is 1. The van der Waals surface area contributed by atoms with Crippen molar-refractivity contribution in [3.8, 4) is 5.75 Å². The lowest BCUT2D eigenvalue weighted by molar-refractivity contribution is -0.123. The molecule has 2 aliphatic rings. The number of nitrogens with one attached hydrogen (secondary N) is 2. The number of likely N-dealkylation sites (tertiary alicyclic amines) is 1. The predicted octanol–water partition coefficient (Wildman–Crippen LogP) is 1.65. The van der Waals surface area contributed by atoms with Gasteiger partial charge in [-0.1, -0.05) is 18.2 Å². The van der Waals surface area contributed by atoms with Gasteiger partial charge in [0.05, 0.1) is 6.04 Å². The molecule has 0 aromatic heterocycles. The Morgan fingerprint density at radius 3 is 2.92 bits per heavy atom. The van der Waals surface area contributed by atoms with Crippen molar-refractivity contribution in [1.82, 2.24) is 15.5 Å². The van der Waals surface area contributed by atoms with Gasteiger partial charge in [-0.25, -0.2) is 0 Å². The third kappa shape index (κ3) is 5.21. The van der Waals surface area contributed by atoms with Gasteiger partial charge in [-0.15, -0.1) is 0 Å². The molecule has 2 unspecified atom stereocenters. The first-order valence-electron chi connectivity index (χ1n) is 9.22. The van der Waals surface area contributed by atoms with Crippen molar-refractivity contribution >= 4 is 5.91 Å². The van der Waals surface area contributed by atoms with Gasteiger partial charge in [0.15, 0.2) is 0 Å². The zero-order valence-corrected chi connectivity index (χ0v) is 14.4. The first-order chi connectivity index (χ1) is 11.8. The minimum atomic E-state index is 0.0315. The van der Waals surface area contributed by atoms with E-state index in [4.69, 9.17) is 4.74 Å². The van der Waals surface area contributed by atoms with Crippen molar-refractivity contribution in [1.29, 1.82) is 0 Å². The maximum absolute atomic E-state index is 12.1. The summed E-state index contributed by atoms with van der Waals surface area (Å²) in [6.07, 6.45) is 4.48. The number of amides is 1. The normalized spacial score (nSPS) is 24.7. The van der Waals surface area contributed by atoms with Gasteiger partial charge < -0.3 is 15.4 Å². The zero-order chi connectivity index (χ0) is 16.6. The van der Waals surface area contributed by atoms with Crippen molar-refractivity contribution in [2.45, 2.75) is 31.7 Å². The summed E-state index contributed by atoms with van der Waals surface area (Å²) < 4.78 is 5.79. The number of carbonyl (C=O) groups excluding carboxylic acids is 1. The van der Waals surface area contributed by atoms with Crippen LogP contribution in [0.15, 0.2) is 30.3 Å². The van der Waals surface area contributed by atoms with Crippen molar-refractivity contribution in [2.24, 2.45) is 5.92 Å². The Morgan fingerprint density at radius 1 is 1.25 bits per heavy atom. The van der Waals surface area contributed by atoms with Gasteiger partial charge in [0.2, 0.25) is 5.91 Å². The smallest absolute Gasteiger partial charge is 0.237 e. The second-order valence-corrected chi connectivity index (χ2v) is 6.86. The molecule has 2 aliphatic heterocycles. The number of nitrogens with zero attached hydrogens (tertiary/aromatic N) is 1. The summed E-state index contributed by atoms with van der Waals surface area (Å²) in [6.45, 7) is 5.62. The molecule has 0 bridgehead atoms. The molecule has 2 heterocycles. The molecule has 5 nitrogen and oxygen atoms in total. The van der Waals surface area contributed by atoms with E-state index in [1.807, 2.05) is 30.3 Å². The van der Waals surface area contributed by atoms with Gasteiger partial charge >= 0.3 is 0 Å². The van der Waals surface area contributed by atoms with Crippen LogP contribution in [-0.2, 0) is 4.79 Å². The monoisotopic (exact) mass is 331 g/mol. The molecule has 0 radical (unpaired) electrons. The van der Waals surface area contributed by atoms with Gasteiger partial charge in [-0.3, -0.25) is 9.69 Å². The van der Waals surface area contributed by atoms with Crippen LogP contribution in [0.3, 0.4) is 0 Å². The maximum Gasteiger partial charge on any atom is 0.237 e. The number of benzene rings is 1. The van der Waals surface area contributed by atoms with Gasteiger partial charge in [0.1, 0.15) is 12.4 Å². The van der Waals surface area contributed by atoms with E-state index in [1.54, 1.807) is 0 Å². The molecule has 1 amide bonds. The Balaban J connectivity index is 1.34. The average Bonchev–Trinajstić information content (AvgIpc) is 3.16. The van der Waals surface area contributed by atoms with E-state index in [1.165, 1.54) is 12.8 Å². The first kappa shape index (κ1) is 17.2. The molecule has 1 aromatic carbocycles. The standard InChI is InChI=1S/C19H29N3O2/c23-19(18-9-4-10-20-18)21-14-16-6-5-11-22(15-16)12-13-24-17-7-2-1-3-8-17/h1-3,7-8,16,18,20H,4-6,9-15H2,(H,21,23). The Labute approximate surface area is 144 Å². The Morgan fingerprint density at radius 2 is 2.12 bits per heavy atom. The summed E-state index contributed by atoms with van der Waals surface area (Å²) >= 11 is 0. The first-order valence-corrected chi connectivity index (χ1v) is 9.22. The van der Waals surface area contributed by atoms with Gasteiger partial charge in [-0.2, -0.15) is 0 Å². The van der Waals surface area contributed by atoms with Crippen molar-refractivity contribution in [3.05, 3.63) is 30.3 Å². The molecule has 2 saturated heterocycles. The minimum Gasteiger partial charge on any atom is -0.492 e. The van der Waals surface area contributed by atoms with E-state index in [2.05, 4.69) is 15.5 Å². The highest BCUT2D eigenvalue weighted by Gasteiger charge is 2.24. The molecule has 24 heavy (non-hydrogen) atoms. The Kier molecular flexibility index (Phi) is 6.49. The summed E-state index contributed by atoms with van der Waals surface area (Å²) in [5.41, 5.74) is 0. The number of hydrogen-bond acceptors (Lipinski definition) is 4. The highest BCUT2D eigenvalue weighted by Crippen LogP contribution is 2.16. The van der Waals surface area contributed by atoms with E-state index in [9.17, 15) is 4.79 Å². The van der Waals surface area contributed by atoms with E-state index in [0.717, 1.165) is 57.9 Å². The molecule has 0 aliphatic carbocycles. The van der Waals surface area contributed by atoms with Crippen molar-refractivity contribution in [3.63, 3.8) is 0 Å². The number of carbonyl (C=O) groups is 1. The predicted molar refractivity (Wildman–Crippen MR) is 95.1 cm³/mol. The largest absolute Gasteiger partial charge is 0.492 e. The van der Waals surface area contributed by atoms with Crippen LogP contribution in [0.1, 0.15) is 25.7 Å². The molecule has 0 spiro atoms. The summed E-state index contributed by atoms with van der Waals surface area (Å²) in [6, 6.07) is 10.0. The molecular formula is C19H29N3O2. The lowest BCUT2D eigenvalue weighted by Crippen LogP contribution is -2.46. The molecule has 1 aromatic rings. The molecule has 5 heteroatoms. The van der Waals surface area contributed by atoms with Crippen LogP contribution in [0.5, 0.6) is 5.75 Å². The van der Waals surface area contributed by atoms with Crippen LogP contribution < -0.4 is 15.4 Å².